The molecule has 3 heterocycles. The minimum absolute atomic E-state index is 0.0296. The van der Waals surface area contributed by atoms with Gasteiger partial charge in [-0.2, -0.15) is 0 Å². The van der Waals surface area contributed by atoms with Gasteiger partial charge in [-0.3, -0.25) is 9.59 Å². The molecule has 2 fully saturated rings. The number of piperidine rings is 1. The second kappa shape index (κ2) is 10.8. The van der Waals surface area contributed by atoms with Crippen molar-refractivity contribution in [2.24, 2.45) is 5.92 Å². The van der Waals surface area contributed by atoms with Crippen molar-refractivity contribution in [2.45, 2.75) is 52.4 Å². The first-order chi connectivity index (χ1) is 14.9. The van der Waals surface area contributed by atoms with E-state index in [1.165, 1.54) is 32.8 Å². The third-order valence-electron chi connectivity index (χ3n) is 6.55. The highest BCUT2D eigenvalue weighted by atomic mass is 16.5. The fourth-order valence-corrected chi connectivity index (χ4v) is 4.75. The van der Waals surface area contributed by atoms with Crippen LogP contribution in [0.1, 0.15) is 70.6 Å². The van der Waals surface area contributed by atoms with E-state index in [-0.39, 0.29) is 17.7 Å². The predicted octanol–water partition coefficient (Wildman–Crippen LogP) is 2.26. The normalized spacial score (nSPS) is 20.2. The van der Waals surface area contributed by atoms with Crippen LogP contribution in [0.25, 0.3) is 0 Å². The van der Waals surface area contributed by atoms with E-state index >= 15 is 0 Å². The first kappa shape index (κ1) is 23.3. The molecule has 0 radical (unpaired) electrons. The number of aryl methyl sites for hydroxylation is 1. The summed E-state index contributed by atoms with van der Waals surface area (Å²) in [7, 11) is 1.33. The number of esters is 1. The molecule has 1 aromatic rings. The molecule has 0 bridgehead atoms. The summed E-state index contributed by atoms with van der Waals surface area (Å²) >= 11 is 0. The number of carbonyl (C=O) groups is 3. The van der Waals surface area contributed by atoms with E-state index in [2.05, 4.69) is 15.2 Å². The van der Waals surface area contributed by atoms with Gasteiger partial charge in [0.2, 0.25) is 5.91 Å². The van der Waals surface area contributed by atoms with Crippen LogP contribution in [0.15, 0.2) is 0 Å². The smallest absolute Gasteiger partial charge is 0.339 e. The Bertz CT molecular complexity index is 796. The fraction of sp³-hybridized carbons (Fsp3) is 0.696. The lowest BCUT2D eigenvalue weighted by Gasteiger charge is -2.32. The molecule has 8 heteroatoms. The van der Waals surface area contributed by atoms with Crippen LogP contribution in [0.4, 0.5) is 0 Å². The van der Waals surface area contributed by atoms with Crippen molar-refractivity contribution in [3.63, 3.8) is 0 Å². The van der Waals surface area contributed by atoms with Crippen LogP contribution in [0.2, 0.25) is 0 Å². The number of rotatable bonds is 6. The summed E-state index contributed by atoms with van der Waals surface area (Å²) in [5.74, 6) is -0.788. The summed E-state index contributed by atoms with van der Waals surface area (Å²) in [5.41, 5.74) is 2.02. The number of hydrogen-bond acceptors (Lipinski definition) is 5. The number of carbonyl (C=O) groups excluding carboxylic acids is 3. The van der Waals surface area contributed by atoms with Crippen molar-refractivity contribution in [1.82, 2.24) is 20.1 Å². The zero-order valence-electron chi connectivity index (χ0n) is 19.1. The van der Waals surface area contributed by atoms with Crippen LogP contribution < -0.4 is 5.32 Å². The molecule has 0 saturated carbocycles. The maximum absolute atomic E-state index is 13.1. The molecule has 2 saturated heterocycles. The van der Waals surface area contributed by atoms with Gasteiger partial charge in [0.05, 0.1) is 18.6 Å². The molecule has 0 aromatic carbocycles. The number of methoxy groups -OCH3 is 1. The van der Waals surface area contributed by atoms with E-state index in [1.54, 1.807) is 18.7 Å². The number of aromatic nitrogens is 1. The fourth-order valence-electron chi connectivity index (χ4n) is 4.75. The van der Waals surface area contributed by atoms with Crippen LogP contribution in [0, 0.1) is 19.8 Å². The second-order valence-electron chi connectivity index (χ2n) is 8.75. The van der Waals surface area contributed by atoms with E-state index in [0.717, 1.165) is 32.5 Å². The van der Waals surface area contributed by atoms with Crippen LogP contribution in [0.5, 0.6) is 0 Å². The van der Waals surface area contributed by atoms with Gasteiger partial charge in [-0.05, 0) is 58.2 Å². The number of aromatic amines is 1. The molecule has 3 rings (SSSR count). The average Bonchev–Trinajstić information content (AvgIpc) is 2.93. The summed E-state index contributed by atoms with van der Waals surface area (Å²) in [6.07, 6.45) is 6.66. The lowest BCUT2D eigenvalue weighted by molar-refractivity contribution is -0.126. The zero-order chi connectivity index (χ0) is 22.4. The number of likely N-dealkylation sites (tertiary alicyclic amines) is 2. The van der Waals surface area contributed by atoms with Crippen molar-refractivity contribution in [1.29, 1.82) is 0 Å². The Balaban J connectivity index is 1.55. The lowest BCUT2D eigenvalue weighted by atomic mass is 9.96. The molecule has 1 unspecified atom stereocenters. The first-order valence-corrected chi connectivity index (χ1v) is 11.5. The largest absolute Gasteiger partial charge is 0.465 e. The van der Waals surface area contributed by atoms with Gasteiger partial charge in [-0.1, -0.05) is 12.8 Å². The third kappa shape index (κ3) is 5.67. The summed E-state index contributed by atoms with van der Waals surface area (Å²) in [6, 6.07) is 0. The van der Waals surface area contributed by atoms with Crippen molar-refractivity contribution in [3.05, 3.63) is 22.5 Å². The molecular formula is C23H36N4O4. The van der Waals surface area contributed by atoms with Crippen molar-refractivity contribution in [2.75, 3.05) is 46.4 Å². The molecule has 0 aliphatic carbocycles. The van der Waals surface area contributed by atoms with E-state index in [9.17, 15) is 14.4 Å². The number of H-pyrrole nitrogens is 1. The van der Waals surface area contributed by atoms with Gasteiger partial charge in [0.1, 0.15) is 5.69 Å². The number of nitrogens with zero attached hydrogens (tertiary/aromatic N) is 2. The van der Waals surface area contributed by atoms with Gasteiger partial charge < -0.3 is 24.8 Å². The van der Waals surface area contributed by atoms with E-state index in [0.29, 0.717) is 42.1 Å². The maximum atomic E-state index is 13.1. The number of hydrogen-bond donors (Lipinski definition) is 2. The van der Waals surface area contributed by atoms with Gasteiger partial charge in [0.25, 0.3) is 5.91 Å². The summed E-state index contributed by atoms with van der Waals surface area (Å²) < 4.78 is 4.83. The standard InChI is InChI=1S/C23H36N4O4/c1-16-19(23(30)31-3)17(2)25-20(16)22(29)27-13-8-9-18(15-27)21(28)24-10-14-26-11-6-4-5-7-12-26/h18,25H,4-15H2,1-3H3,(H,24,28). The topological polar surface area (TPSA) is 94.7 Å². The van der Waals surface area contributed by atoms with E-state index in [4.69, 9.17) is 4.74 Å². The first-order valence-electron chi connectivity index (χ1n) is 11.5. The molecule has 172 valence electrons. The average molecular weight is 433 g/mol. The molecule has 2 aliphatic rings. The minimum atomic E-state index is -0.453. The molecule has 2 amide bonds. The Morgan fingerprint density at radius 2 is 1.77 bits per heavy atom. The summed E-state index contributed by atoms with van der Waals surface area (Å²) in [4.78, 5) is 45.1. The highest BCUT2D eigenvalue weighted by molar-refractivity contribution is 6.00. The Labute approximate surface area is 184 Å². The summed E-state index contributed by atoms with van der Waals surface area (Å²) in [6.45, 7) is 8.29. The molecule has 1 aromatic heterocycles. The van der Waals surface area contributed by atoms with Crippen molar-refractivity contribution >= 4 is 17.8 Å². The Hall–Kier alpha value is -2.35. The van der Waals surface area contributed by atoms with Crippen molar-refractivity contribution in [3.8, 4) is 0 Å². The molecule has 1 atom stereocenters. The molecule has 2 aliphatic heterocycles. The van der Waals surface area contributed by atoms with Gasteiger partial charge in [0, 0.05) is 31.9 Å². The maximum Gasteiger partial charge on any atom is 0.339 e. The van der Waals surface area contributed by atoms with E-state index < -0.39 is 5.97 Å². The van der Waals surface area contributed by atoms with Gasteiger partial charge >= 0.3 is 5.97 Å². The van der Waals surface area contributed by atoms with Crippen molar-refractivity contribution < 1.29 is 19.1 Å². The van der Waals surface area contributed by atoms with Gasteiger partial charge in [-0.25, -0.2) is 4.79 Å². The molecular weight excluding hydrogens is 396 g/mol. The zero-order valence-corrected chi connectivity index (χ0v) is 19.1. The molecule has 2 N–H and O–H groups in total. The van der Waals surface area contributed by atoms with E-state index in [1.807, 2.05) is 0 Å². The summed E-state index contributed by atoms with van der Waals surface area (Å²) in [5, 5.41) is 3.08. The third-order valence-corrected chi connectivity index (χ3v) is 6.55. The minimum Gasteiger partial charge on any atom is -0.465 e. The van der Waals surface area contributed by atoms with Crippen LogP contribution >= 0.6 is 0 Å². The highest BCUT2D eigenvalue weighted by Crippen LogP contribution is 2.23. The number of nitrogens with one attached hydrogen (secondary N) is 2. The predicted molar refractivity (Wildman–Crippen MR) is 118 cm³/mol. The molecule has 0 spiro atoms. The highest BCUT2D eigenvalue weighted by Gasteiger charge is 2.31. The molecule has 31 heavy (non-hydrogen) atoms. The number of ether oxygens (including phenoxy) is 1. The SMILES string of the molecule is COC(=O)c1c(C)[nH]c(C(=O)N2CCCC(C(=O)NCCN3CCCCCC3)C2)c1C. The van der Waals surface area contributed by atoms with Crippen LogP contribution in [0.3, 0.4) is 0 Å². The van der Waals surface area contributed by atoms with Crippen LogP contribution in [-0.2, 0) is 9.53 Å². The van der Waals surface area contributed by atoms with Crippen LogP contribution in [-0.4, -0.2) is 78.9 Å². The second-order valence-corrected chi connectivity index (χ2v) is 8.75. The van der Waals surface area contributed by atoms with Gasteiger partial charge in [-0.15, -0.1) is 0 Å². The Morgan fingerprint density at radius 3 is 2.45 bits per heavy atom. The molecule has 8 nitrogen and oxygen atoms in total. The quantitative estimate of drug-likeness (QED) is 0.673. The van der Waals surface area contributed by atoms with Gasteiger partial charge in [0.15, 0.2) is 0 Å². The number of amides is 2. The monoisotopic (exact) mass is 432 g/mol. The Morgan fingerprint density at radius 1 is 1.06 bits per heavy atom. The Kier molecular flexibility index (Phi) is 8.12. The lowest BCUT2D eigenvalue weighted by Crippen LogP contribution is -2.46.